The first-order valence-electron chi connectivity index (χ1n) is 7.59. The van der Waals surface area contributed by atoms with Crippen molar-refractivity contribution in [3.63, 3.8) is 0 Å². The summed E-state index contributed by atoms with van der Waals surface area (Å²) in [5.74, 6) is -0.665. The maximum atomic E-state index is 11.8. The van der Waals surface area contributed by atoms with Crippen LogP contribution in [0.15, 0.2) is 0 Å². The fourth-order valence-electron chi connectivity index (χ4n) is 3.65. The zero-order valence-electron chi connectivity index (χ0n) is 12.2. The maximum Gasteiger partial charge on any atom is 0.325 e. The minimum absolute atomic E-state index is 0.196. The highest BCUT2D eigenvalue weighted by Crippen LogP contribution is 2.36. The van der Waals surface area contributed by atoms with Gasteiger partial charge in [-0.05, 0) is 38.9 Å². The van der Waals surface area contributed by atoms with Crippen LogP contribution in [0.4, 0.5) is 0 Å². The van der Waals surface area contributed by atoms with Gasteiger partial charge in [-0.3, -0.25) is 15.0 Å². The molecule has 5 nitrogen and oxygen atoms in total. The van der Waals surface area contributed by atoms with Crippen molar-refractivity contribution < 1.29 is 9.90 Å². The fourth-order valence-corrected chi connectivity index (χ4v) is 3.65. The molecular weight excluding hydrogens is 242 g/mol. The molecule has 2 saturated heterocycles. The second-order valence-corrected chi connectivity index (χ2v) is 5.67. The second kappa shape index (κ2) is 6.20. The highest BCUT2D eigenvalue weighted by atomic mass is 16.4. The smallest absolute Gasteiger partial charge is 0.325 e. The number of rotatable bonds is 7. The number of nitrogens with one attached hydrogen (secondary N) is 1. The van der Waals surface area contributed by atoms with Crippen LogP contribution < -0.4 is 5.32 Å². The monoisotopic (exact) mass is 269 g/mol. The molecule has 19 heavy (non-hydrogen) atoms. The molecule has 0 saturated carbocycles. The Morgan fingerprint density at radius 2 is 2.16 bits per heavy atom. The summed E-state index contributed by atoms with van der Waals surface area (Å²) in [6, 6.07) is 0.196. The summed E-state index contributed by atoms with van der Waals surface area (Å²) in [6.07, 6.45) is 2.90. The van der Waals surface area contributed by atoms with Crippen molar-refractivity contribution in [3.05, 3.63) is 0 Å². The molecule has 2 aliphatic rings. The summed E-state index contributed by atoms with van der Waals surface area (Å²) in [6.45, 7) is 10.0. The number of carboxylic acids is 1. The van der Waals surface area contributed by atoms with Crippen LogP contribution in [0.2, 0.25) is 0 Å². The van der Waals surface area contributed by atoms with Crippen molar-refractivity contribution in [1.29, 1.82) is 0 Å². The molecule has 0 spiro atoms. The van der Waals surface area contributed by atoms with E-state index in [0.717, 1.165) is 58.5 Å². The quantitative estimate of drug-likeness (QED) is 0.709. The first kappa shape index (κ1) is 14.8. The van der Waals surface area contributed by atoms with Crippen LogP contribution in [0, 0.1) is 0 Å². The summed E-state index contributed by atoms with van der Waals surface area (Å²) in [5.41, 5.74) is -0.705. The van der Waals surface area contributed by atoms with E-state index in [1.807, 2.05) is 0 Å². The molecule has 0 aromatic rings. The van der Waals surface area contributed by atoms with Crippen LogP contribution in [0.3, 0.4) is 0 Å². The minimum atomic E-state index is -0.705. The lowest BCUT2D eigenvalue weighted by Crippen LogP contribution is -2.60. The van der Waals surface area contributed by atoms with E-state index in [9.17, 15) is 9.90 Å². The van der Waals surface area contributed by atoms with Gasteiger partial charge < -0.3 is 10.0 Å². The van der Waals surface area contributed by atoms with Gasteiger partial charge in [0.2, 0.25) is 0 Å². The number of hydrogen-bond donors (Lipinski definition) is 2. The van der Waals surface area contributed by atoms with Gasteiger partial charge in [-0.25, -0.2) is 0 Å². The summed E-state index contributed by atoms with van der Waals surface area (Å²) in [5, 5.41) is 13.1. The van der Waals surface area contributed by atoms with Gasteiger partial charge in [0.15, 0.2) is 0 Å². The van der Waals surface area contributed by atoms with Crippen molar-refractivity contribution in [2.24, 2.45) is 0 Å². The van der Waals surface area contributed by atoms with Gasteiger partial charge >= 0.3 is 5.97 Å². The lowest BCUT2D eigenvalue weighted by molar-refractivity contribution is -0.145. The Bertz CT molecular complexity index is 320. The zero-order valence-corrected chi connectivity index (χ0v) is 12.2. The lowest BCUT2D eigenvalue weighted by atomic mass is 9.88. The normalized spacial score (nSPS) is 31.0. The Morgan fingerprint density at radius 1 is 1.42 bits per heavy atom. The first-order chi connectivity index (χ1) is 9.14. The molecule has 0 aromatic heterocycles. The average Bonchev–Trinajstić information content (AvgIpc) is 2.98. The molecule has 2 heterocycles. The summed E-state index contributed by atoms with van der Waals surface area (Å²) in [7, 11) is 0. The van der Waals surface area contributed by atoms with Gasteiger partial charge in [0.05, 0.1) is 0 Å². The summed E-state index contributed by atoms with van der Waals surface area (Å²) in [4.78, 5) is 16.4. The molecule has 0 radical (unpaired) electrons. The average molecular weight is 269 g/mol. The van der Waals surface area contributed by atoms with E-state index in [2.05, 4.69) is 29.0 Å². The highest BCUT2D eigenvalue weighted by molar-refractivity contribution is 5.80. The number of carbonyl (C=O) groups is 1. The highest BCUT2D eigenvalue weighted by Gasteiger charge is 2.53. The largest absolute Gasteiger partial charge is 0.480 e. The number of carboxylic acid groups (broad SMARTS) is 1. The molecule has 2 unspecified atom stereocenters. The van der Waals surface area contributed by atoms with Crippen LogP contribution in [-0.2, 0) is 4.79 Å². The zero-order chi connectivity index (χ0) is 13.9. The van der Waals surface area contributed by atoms with Gasteiger partial charge in [-0.15, -0.1) is 0 Å². The van der Waals surface area contributed by atoms with Crippen LogP contribution in [-0.4, -0.2) is 71.7 Å². The SMILES string of the molecule is CCN(CC)CCNC1(C(=O)O)CCN2CCCC21. The van der Waals surface area contributed by atoms with Crippen LogP contribution in [0.5, 0.6) is 0 Å². The molecule has 2 N–H and O–H groups in total. The van der Waals surface area contributed by atoms with Gasteiger partial charge in [0, 0.05) is 25.7 Å². The van der Waals surface area contributed by atoms with Gasteiger partial charge in [0.1, 0.15) is 5.54 Å². The fraction of sp³-hybridized carbons (Fsp3) is 0.929. The number of hydrogen-bond acceptors (Lipinski definition) is 4. The molecule has 0 bridgehead atoms. The van der Waals surface area contributed by atoms with Crippen LogP contribution in [0.25, 0.3) is 0 Å². The third-order valence-electron chi connectivity index (χ3n) is 4.87. The van der Waals surface area contributed by atoms with Crippen molar-refractivity contribution in [2.75, 3.05) is 39.3 Å². The maximum absolute atomic E-state index is 11.8. The van der Waals surface area contributed by atoms with Crippen molar-refractivity contribution >= 4 is 5.97 Å². The summed E-state index contributed by atoms with van der Waals surface area (Å²) < 4.78 is 0. The molecular formula is C14H27N3O2. The first-order valence-corrected chi connectivity index (χ1v) is 7.59. The van der Waals surface area contributed by atoms with E-state index >= 15 is 0 Å². The second-order valence-electron chi connectivity index (χ2n) is 5.67. The standard InChI is InChI=1S/C14H27N3O2/c1-3-16(4-2)11-8-15-14(13(18)19)7-10-17-9-5-6-12(14)17/h12,15H,3-11H2,1-2H3,(H,18,19). The van der Waals surface area contributed by atoms with E-state index in [4.69, 9.17) is 0 Å². The molecule has 2 rings (SSSR count). The Kier molecular flexibility index (Phi) is 4.81. The molecule has 2 aliphatic heterocycles. The summed E-state index contributed by atoms with van der Waals surface area (Å²) >= 11 is 0. The van der Waals surface area contributed by atoms with Gasteiger partial charge in [-0.1, -0.05) is 13.8 Å². The predicted molar refractivity (Wildman–Crippen MR) is 75.4 cm³/mol. The molecule has 0 amide bonds. The molecule has 5 heteroatoms. The van der Waals surface area contributed by atoms with E-state index < -0.39 is 11.5 Å². The molecule has 0 aromatic carbocycles. The Morgan fingerprint density at radius 3 is 2.79 bits per heavy atom. The molecule has 2 fully saturated rings. The Hall–Kier alpha value is -0.650. The number of aliphatic carboxylic acids is 1. The molecule has 0 aliphatic carbocycles. The number of nitrogens with zero attached hydrogens (tertiary/aromatic N) is 2. The van der Waals surface area contributed by atoms with E-state index in [-0.39, 0.29) is 6.04 Å². The predicted octanol–water partition coefficient (Wildman–Crippen LogP) is 0.609. The molecule has 2 atom stereocenters. The van der Waals surface area contributed by atoms with Crippen LogP contribution >= 0.6 is 0 Å². The van der Waals surface area contributed by atoms with E-state index in [1.165, 1.54) is 0 Å². The minimum Gasteiger partial charge on any atom is -0.480 e. The third-order valence-corrected chi connectivity index (χ3v) is 4.87. The molecule has 110 valence electrons. The topological polar surface area (TPSA) is 55.8 Å². The number of likely N-dealkylation sites (N-methyl/N-ethyl adjacent to an activating group) is 1. The Balaban J connectivity index is 1.95. The number of fused-ring (bicyclic) bond motifs is 1. The van der Waals surface area contributed by atoms with E-state index in [0.29, 0.717) is 0 Å². The van der Waals surface area contributed by atoms with Gasteiger partial charge in [-0.2, -0.15) is 0 Å². The van der Waals surface area contributed by atoms with Crippen LogP contribution in [0.1, 0.15) is 33.1 Å². The van der Waals surface area contributed by atoms with Crippen molar-refractivity contribution in [2.45, 2.75) is 44.7 Å². The van der Waals surface area contributed by atoms with Gasteiger partial charge in [0.25, 0.3) is 0 Å². The Labute approximate surface area is 115 Å². The van der Waals surface area contributed by atoms with Crippen molar-refractivity contribution in [1.82, 2.24) is 15.1 Å². The van der Waals surface area contributed by atoms with E-state index in [1.54, 1.807) is 0 Å². The van der Waals surface area contributed by atoms with Crippen molar-refractivity contribution in [3.8, 4) is 0 Å². The lowest BCUT2D eigenvalue weighted by Gasteiger charge is -2.33. The third kappa shape index (κ3) is 2.78.